The third kappa shape index (κ3) is 3.66. The second-order valence-corrected chi connectivity index (χ2v) is 8.36. The molecule has 1 N–H and O–H groups in total. The average molecular weight is 408 g/mol. The molecule has 0 radical (unpaired) electrons. The Balaban J connectivity index is 1.78. The fourth-order valence-electron chi connectivity index (χ4n) is 3.11. The number of aromatic nitrogens is 3. The summed E-state index contributed by atoms with van der Waals surface area (Å²) in [4.78, 5) is 4.68. The van der Waals surface area contributed by atoms with Crippen LogP contribution in [0.15, 0.2) is 65.6 Å². The topological polar surface area (TPSA) is 86.1 Å². The molecule has 8 heteroatoms. The lowest BCUT2D eigenvalue weighted by atomic mass is 10.2. The third-order valence-corrected chi connectivity index (χ3v) is 5.86. The van der Waals surface area contributed by atoms with Crippen molar-refractivity contribution in [3.63, 3.8) is 0 Å². The van der Waals surface area contributed by atoms with Gasteiger partial charge in [-0.25, -0.2) is 13.4 Å². The maximum Gasteiger partial charge on any atom is 0.266 e. The molecule has 4 aromatic rings. The molecule has 2 aromatic carbocycles. The Morgan fingerprint density at radius 3 is 2.59 bits per heavy atom. The number of methoxy groups -OCH3 is 1. The van der Waals surface area contributed by atoms with Crippen molar-refractivity contribution in [3.8, 4) is 11.6 Å². The molecule has 0 spiro atoms. The summed E-state index contributed by atoms with van der Waals surface area (Å²) < 4.78 is 35.5. The SMILES string of the molecule is COc1ccc(C)cc1S(=O)(=O)Nc1cc(C)nn1-c1ccc2ccccc2n1. The van der Waals surface area contributed by atoms with Crippen LogP contribution in [0.1, 0.15) is 11.3 Å². The van der Waals surface area contributed by atoms with Crippen LogP contribution < -0.4 is 9.46 Å². The van der Waals surface area contributed by atoms with Crippen molar-refractivity contribution in [3.05, 3.63) is 71.9 Å². The molecule has 4 rings (SSSR count). The fraction of sp³-hybridized carbons (Fsp3) is 0.143. The zero-order chi connectivity index (χ0) is 20.6. The lowest BCUT2D eigenvalue weighted by Gasteiger charge is -2.13. The van der Waals surface area contributed by atoms with Crippen LogP contribution in [0.5, 0.6) is 5.75 Å². The molecule has 2 heterocycles. The van der Waals surface area contributed by atoms with E-state index in [2.05, 4.69) is 14.8 Å². The summed E-state index contributed by atoms with van der Waals surface area (Å²) in [5.41, 5.74) is 2.27. The number of para-hydroxylation sites is 1. The van der Waals surface area contributed by atoms with Crippen LogP contribution in [0.25, 0.3) is 16.7 Å². The molecule has 0 aliphatic heterocycles. The van der Waals surface area contributed by atoms with Gasteiger partial charge in [-0.1, -0.05) is 24.3 Å². The quantitative estimate of drug-likeness (QED) is 0.542. The van der Waals surface area contributed by atoms with Gasteiger partial charge in [0, 0.05) is 11.5 Å². The number of nitrogens with one attached hydrogen (secondary N) is 1. The minimum atomic E-state index is -3.90. The van der Waals surface area contributed by atoms with Crippen molar-refractivity contribution in [2.75, 3.05) is 11.8 Å². The first-order chi connectivity index (χ1) is 13.9. The molecule has 0 amide bonds. The normalized spacial score (nSPS) is 11.6. The number of nitrogens with zero attached hydrogens (tertiary/aromatic N) is 3. The Morgan fingerprint density at radius 1 is 1.00 bits per heavy atom. The smallest absolute Gasteiger partial charge is 0.266 e. The predicted octanol–water partition coefficient (Wildman–Crippen LogP) is 3.85. The van der Waals surface area contributed by atoms with Crippen molar-refractivity contribution in [1.29, 1.82) is 0 Å². The second kappa shape index (κ2) is 7.21. The summed E-state index contributed by atoms with van der Waals surface area (Å²) in [6.07, 6.45) is 0. The Bertz CT molecular complexity index is 1310. The van der Waals surface area contributed by atoms with Gasteiger partial charge < -0.3 is 4.74 Å². The molecular formula is C21H20N4O3S. The second-order valence-electron chi connectivity index (χ2n) is 6.70. The van der Waals surface area contributed by atoms with E-state index in [0.29, 0.717) is 17.3 Å². The van der Waals surface area contributed by atoms with Crippen LogP contribution in [0.4, 0.5) is 5.82 Å². The number of sulfonamides is 1. The molecule has 0 aliphatic carbocycles. The molecular weight excluding hydrogens is 388 g/mol. The number of pyridine rings is 1. The van der Waals surface area contributed by atoms with Crippen molar-refractivity contribution in [2.45, 2.75) is 18.7 Å². The molecule has 0 saturated heterocycles. The Labute approximate surface area is 169 Å². The van der Waals surface area contributed by atoms with E-state index in [1.807, 2.05) is 37.3 Å². The Hall–Kier alpha value is -3.39. The van der Waals surface area contributed by atoms with E-state index in [1.54, 1.807) is 37.3 Å². The molecule has 0 bridgehead atoms. The molecule has 0 unspecified atom stereocenters. The van der Waals surface area contributed by atoms with Gasteiger partial charge in [-0.3, -0.25) is 4.72 Å². The molecule has 2 aromatic heterocycles. The van der Waals surface area contributed by atoms with Crippen molar-refractivity contribution in [1.82, 2.24) is 14.8 Å². The summed E-state index contributed by atoms with van der Waals surface area (Å²) in [7, 11) is -2.46. The number of aryl methyl sites for hydroxylation is 2. The van der Waals surface area contributed by atoms with E-state index in [1.165, 1.54) is 11.8 Å². The van der Waals surface area contributed by atoms with Gasteiger partial charge in [0.1, 0.15) is 16.5 Å². The highest BCUT2D eigenvalue weighted by molar-refractivity contribution is 7.92. The first-order valence-electron chi connectivity index (χ1n) is 8.98. The van der Waals surface area contributed by atoms with Crippen LogP contribution in [0, 0.1) is 13.8 Å². The predicted molar refractivity (Wildman–Crippen MR) is 112 cm³/mol. The summed E-state index contributed by atoms with van der Waals surface area (Å²) in [5, 5.41) is 5.41. The molecule has 7 nitrogen and oxygen atoms in total. The van der Waals surface area contributed by atoms with Gasteiger partial charge in [-0.05, 0) is 49.7 Å². The van der Waals surface area contributed by atoms with E-state index < -0.39 is 10.0 Å². The zero-order valence-corrected chi connectivity index (χ0v) is 17.1. The lowest BCUT2D eigenvalue weighted by molar-refractivity contribution is 0.402. The standard InChI is InChI=1S/C21H20N4O3S/c1-14-8-10-18(28-3)19(12-14)29(26,27)24-21-13-15(2)23-25(21)20-11-9-16-6-4-5-7-17(16)22-20/h4-13,24H,1-3H3. The summed E-state index contributed by atoms with van der Waals surface area (Å²) in [6.45, 7) is 3.62. The van der Waals surface area contributed by atoms with Crippen molar-refractivity contribution < 1.29 is 13.2 Å². The van der Waals surface area contributed by atoms with E-state index in [-0.39, 0.29) is 10.6 Å². The number of anilines is 1. The number of fused-ring (bicyclic) bond motifs is 1. The first-order valence-corrected chi connectivity index (χ1v) is 10.5. The highest BCUT2D eigenvalue weighted by Crippen LogP contribution is 2.28. The zero-order valence-electron chi connectivity index (χ0n) is 16.2. The van der Waals surface area contributed by atoms with Gasteiger partial charge >= 0.3 is 0 Å². The summed E-state index contributed by atoms with van der Waals surface area (Å²) in [5.74, 6) is 1.09. The molecule has 0 aliphatic rings. The summed E-state index contributed by atoms with van der Waals surface area (Å²) >= 11 is 0. The Morgan fingerprint density at radius 2 is 1.79 bits per heavy atom. The molecule has 148 valence electrons. The molecule has 0 atom stereocenters. The monoisotopic (exact) mass is 408 g/mol. The number of rotatable bonds is 5. The van der Waals surface area contributed by atoms with Gasteiger partial charge in [-0.2, -0.15) is 9.78 Å². The van der Waals surface area contributed by atoms with Crippen LogP contribution in [-0.4, -0.2) is 30.3 Å². The number of hydrogen-bond donors (Lipinski definition) is 1. The molecule has 29 heavy (non-hydrogen) atoms. The van der Waals surface area contributed by atoms with Crippen LogP contribution in [-0.2, 0) is 10.0 Å². The van der Waals surface area contributed by atoms with Gasteiger partial charge in [0.15, 0.2) is 5.82 Å². The van der Waals surface area contributed by atoms with Crippen molar-refractivity contribution >= 4 is 26.7 Å². The highest BCUT2D eigenvalue weighted by atomic mass is 32.2. The Kier molecular flexibility index (Phi) is 4.71. The molecule has 0 saturated carbocycles. The largest absolute Gasteiger partial charge is 0.495 e. The highest BCUT2D eigenvalue weighted by Gasteiger charge is 2.22. The van der Waals surface area contributed by atoms with E-state index in [4.69, 9.17) is 4.74 Å². The minimum Gasteiger partial charge on any atom is -0.495 e. The number of benzene rings is 2. The first kappa shape index (κ1) is 18.9. The number of hydrogen-bond acceptors (Lipinski definition) is 5. The average Bonchev–Trinajstić information content (AvgIpc) is 3.07. The molecule has 0 fully saturated rings. The van der Waals surface area contributed by atoms with Crippen LogP contribution >= 0.6 is 0 Å². The fourth-order valence-corrected chi connectivity index (χ4v) is 4.39. The van der Waals surface area contributed by atoms with Gasteiger partial charge in [0.25, 0.3) is 10.0 Å². The lowest BCUT2D eigenvalue weighted by Crippen LogP contribution is -2.17. The van der Waals surface area contributed by atoms with Crippen LogP contribution in [0.3, 0.4) is 0 Å². The van der Waals surface area contributed by atoms with E-state index in [0.717, 1.165) is 16.5 Å². The minimum absolute atomic E-state index is 0.0665. The van der Waals surface area contributed by atoms with Gasteiger partial charge in [-0.15, -0.1) is 0 Å². The van der Waals surface area contributed by atoms with Gasteiger partial charge in [0.05, 0.1) is 18.3 Å². The number of ether oxygens (including phenoxy) is 1. The van der Waals surface area contributed by atoms with Crippen molar-refractivity contribution in [2.24, 2.45) is 0 Å². The summed E-state index contributed by atoms with van der Waals surface area (Å²) in [6, 6.07) is 18.1. The van der Waals surface area contributed by atoms with Gasteiger partial charge in [0.2, 0.25) is 0 Å². The van der Waals surface area contributed by atoms with E-state index >= 15 is 0 Å². The maximum atomic E-state index is 13.1. The van der Waals surface area contributed by atoms with E-state index in [9.17, 15) is 8.42 Å². The maximum absolute atomic E-state index is 13.1. The third-order valence-electron chi connectivity index (χ3n) is 4.48. The van der Waals surface area contributed by atoms with Crippen LogP contribution in [0.2, 0.25) is 0 Å².